The number of halogens is 5. The lowest BCUT2D eigenvalue weighted by Crippen LogP contribution is -2.32. The van der Waals surface area contributed by atoms with Crippen molar-refractivity contribution in [2.45, 2.75) is 25.4 Å². The van der Waals surface area contributed by atoms with E-state index in [2.05, 4.69) is 9.97 Å². The van der Waals surface area contributed by atoms with Crippen molar-refractivity contribution >= 4 is 5.82 Å². The van der Waals surface area contributed by atoms with Gasteiger partial charge in [-0.1, -0.05) is 6.07 Å². The highest BCUT2D eigenvalue weighted by Crippen LogP contribution is 2.30. The van der Waals surface area contributed by atoms with Crippen LogP contribution in [0.5, 0.6) is 6.01 Å². The van der Waals surface area contributed by atoms with Crippen molar-refractivity contribution in [3.63, 3.8) is 0 Å². The Bertz CT molecular complexity index is 1140. The molecule has 168 valence electrons. The molecule has 3 aromatic rings. The van der Waals surface area contributed by atoms with E-state index in [9.17, 15) is 32.1 Å². The number of ether oxygens (including phenoxy) is 2. The van der Waals surface area contributed by atoms with Gasteiger partial charge in [-0.15, -0.1) is 0 Å². The van der Waals surface area contributed by atoms with Crippen LogP contribution in [0, 0.1) is 21.7 Å². The van der Waals surface area contributed by atoms with Crippen LogP contribution < -0.4 is 4.74 Å². The average molecular weight is 456 g/mol. The second-order valence-corrected chi connectivity index (χ2v) is 6.88. The maximum absolute atomic E-state index is 14.5. The van der Waals surface area contributed by atoms with Crippen molar-refractivity contribution in [3.8, 4) is 17.1 Å². The smallest absolute Gasteiger partial charge is 0.433 e. The van der Waals surface area contributed by atoms with E-state index in [0.29, 0.717) is 0 Å². The molecule has 2 aromatic heterocycles. The van der Waals surface area contributed by atoms with Crippen LogP contribution in [0.3, 0.4) is 0 Å². The van der Waals surface area contributed by atoms with Gasteiger partial charge < -0.3 is 19.6 Å². The van der Waals surface area contributed by atoms with Gasteiger partial charge in [-0.25, -0.2) is 8.78 Å². The van der Waals surface area contributed by atoms with Crippen molar-refractivity contribution in [1.29, 1.82) is 0 Å². The van der Waals surface area contributed by atoms with E-state index >= 15 is 0 Å². The van der Waals surface area contributed by atoms with Gasteiger partial charge in [0.2, 0.25) is 0 Å². The summed E-state index contributed by atoms with van der Waals surface area (Å²) in [6.45, 7) is -0.342. The zero-order valence-corrected chi connectivity index (χ0v) is 16.0. The Morgan fingerprint density at radius 3 is 2.53 bits per heavy atom. The second kappa shape index (κ2) is 8.15. The largest absolute Gasteiger partial charge is 0.443 e. The molecule has 0 saturated heterocycles. The van der Waals surface area contributed by atoms with E-state index in [1.165, 1.54) is 10.8 Å². The van der Waals surface area contributed by atoms with Crippen LogP contribution in [0.2, 0.25) is 0 Å². The Morgan fingerprint density at radius 1 is 1.22 bits per heavy atom. The highest BCUT2D eigenvalue weighted by molar-refractivity contribution is 5.63. The number of aromatic nitrogens is 3. The first kappa shape index (κ1) is 21.6. The average Bonchev–Trinajstić information content (AvgIpc) is 3.16. The first-order valence-corrected chi connectivity index (χ1v) is 9.09. The van der Waals surface area contributed by atoms with Gasteiger partial charge in [-0.2, -0.15) is 13.2 Å². The van der Waals surface area contributed by atoms with Crippen LogP contribution in [0.25, 0.3) is 11.1 Å². The third-order valence-electron chi connectivity index (χ3n) is 4.70. The van der Waals surface area contributed by atoms with E-state index in [-0.39, 0.29) is 35.9 Å². The lowest BCUT2D eigenvalue weighted by molar-refractivity contribution is -0.389. The maximum atomic E-state index is 14.5. The van der Waals surface area contributed by atoms with E-state index in [0.717, 1.165) is 30.5 Å². The number of hydrogen-bond donors (Lipinski definition) is 0. The molecule has 0 aliphatic carbocycles. The minimum atomic E-state index is -4.62. The molecule has 0 amide bonds. The van der Waals surface area contributed by atoms with Crippen LogP contribution in [0.15, 0.2) is 36.7 Å². The van der Waals surface area contributed by atoms with Gasteiger partial charge in [0.25, 0.3) is 0 Å². The molecule has 8 nitrogen and oxygen atoms in total. The Hall–Kier alpha value is -3.61. The monoisotopic (exact) mass is 456 g/mol. The molecular weight excluding hydrogens is 443 g/mol. The van der Waals surface area contributed by atoms with Crippen LogP contribution >= 0.6 is 0 Å². The molecule has 0 bridgehead atoms. The number of imidazole rings is 1. The summed E-state index contributed by atoms with van der Waals surface area (Å²) in [6.07, 6.45) is -3.22. The Morgan fingerprint density at radius 2 is 1.94 bits per heavy atom. The predicted octanol–water partition coefficient (Wildman–Crippen LogP) is 4.13. The summed E-state index contributed by atoms with van der Waals surface area (Å²) in [4.78, 5) is 17.1. The highest BCUT2D eigenvalue weighted by Gasteiger charge is 2.32. The lowest BCUT2D eigenvalue weighted by atomic mass is 10.0. The number of hydrogen-bond acceptors (Lipinski definition) is 6. The fraction of sp³-hybridized carbons (Fsp3) is 0.263. The molecule has 0 fully saturated rings. The lowest BCUT2D eigenvalue weighted by Gasteiger charge is -2.22. The standard InChI is InChI=1S/C19H13F5N4O4/c20-14-3-11(10-1-2-16(25-5-10)19(22,23)24)4-15(21)13(14)9-31-12-6-27-7-17(28(29)30)26-18(27)32-8-12/h1-5,7,12H,6,8-9H2/t12-/m0/s1. The van der Waals surface area contributed by atoms with E-state index in [1.54, 1.807) is 0 Å². The number of fused-ring (bicyclic) bond motifs is 1. The summed E-state index contributed by atoms with van der Waals surface area (Å²) < 4.78 is 79.0. The fourth-order valence-electron chi connectivity index (χ4n) is 3.10. The third kappa shape index (κ3) is 4.37. The normalized spacial score (nSPS) is 15.8. The predicted molar refractivity (Wildman–Crippen MR) is 97.5 cm³/mol. The summed E-state index contributed by atoms with van der Waals surface area (Å²) in [5.74, 6) is -2.29. The topological polar surface area (TPSA) is 92.3 Å². The van der Waals surface area contributed by atoms with Gasteiger partial charge in [-0.05, 0) is 28.7 Å². The van der Waals surface area contributed by atoms with E-state index in [1.807, 2.05) is 0 Å². The summed E-state index contributed by atoms with van der Waals surface area (Å²) in [5, 5.41) is 10.8. The Kier molecular flexibility index (Phi) is 5.50. The van der Waals surface area contributed by atoms with Crippen LogP contribution in [0.1, 0.15) is 11.3 Å². The molecule has 13 heteroatoms. The van der Waals surface area contributed by atoms with Gasteiger partial charge in [0.05, 0.1) is 13.2 Å². The van der Waals surface area contributed by atoms with Crippen LogP contribution in [-0.4, -0.2) is 32.2 Å². The molecule has 0 spiro atoms. The van der Waals surface area contributed by atoms with Crippen molar-refractivity contribution < 1.29 is 36.3 Å². The van der Waals surface area contributed by atoms with Crippen molar-refractivity contribution in [2.24, 2.45) is 0 Å². The Labute approximate surface area is 176 Å². The molecule has 4 rings (SSSR count). The maximum Gasteiger partial charge on any atom is 0.433 e. The first-order chi connectivity index (χ1) is 15.1. The van der Waals surface area contributed by atoms with Gasteiger partial charge in [0.15, 0.2) is 0 Å². The molecule has 1 aliphatic rings. The van der Waals surface area contributed by atoms with Gasteiger partial charge in [0, 0.05) is 22.3 Å². The van der Waals surface area contributed by atoms with Crippen LogP contribution in [-0.2, 0) is 24.1 Å². The van der Waals surface area contributed by atoms with Crippen LogP contribution in [0.4, 0.5) is 27.8 Å². The second-order valence-electron chi connectivity index (χ2n) is 6.88. The first-order valence-electron chi connectivity index (χ1n) is 9.09. The van der Waals surface area contributed by atoms with E-state index in [4.69, 9.17) is 9.47 Å². The molecule has 32 heavy (non-hydrogen) atoms. The number of rotatable bonds is 5. The molecular formula is C19H13F5N4O4. The number of nitro groups is 1. The molecule has 1 atom stereocenters. The van der Waals surface area contributed by atoms with Crippen molar-refractivity contribution in [2.75, 3.05) is 6.61 Å². The summed E-state index contributed by atoms with van der Waals surface area (Å²) in [5.41, 5.74) is -1.37. The molecule has 1 aromatic carbocycles. The molecule has 3 heterocycles. The molecule has 0 radical (unpaired) electrons. The van der Waals surface area contributed by atoms with Gasteiger partial charge in [0.1, 0.15) is 36.2 Å². The number of benzene rings is 1. The quantitative estimate of drug-likeness (QED) is 0.326. The minimum absolute atomic E-state index is 0.0151. The molecule has 0 N–H and O–H groups in total. The summed E-state index contributed by atoms with van der Waals surface area (Å²) in [7, 11) is 0. The van der Waals surface area contributed by atoms with Crippen molar-refractivity contribution in [3.05, 3.63) is 69.7 Å². The van der Waals surface area contributed by atoms with Gasteiger partial charge >= 0.3 is 18.0 Å². The SMILES string of the molecule is O=[N+]([O-])c1cn2c(n1)OC[C@@H](OCc1c(F)cc(-c3ccc(C(F)(F)F)nc3)cc1F)C2. The summed E-state index contributed by atoms with van der Waals surface area (Å²) in [6, 6.07) is 3.78. The summed E-state index contributed by atoms with van der Waals surface area (Å²) >= 11 is 0. The van der Waals surface area contributed by atoms with Gasteiger partial charge in [-0.3, -0.25) is 9.55 Å². The number of nitrogens with zero attached hydrogens (tertiary/aromatic N) is 4. The fourth-order valence-corrected chi connectivity index (χ4v) is 3.10. The Balaban J connectivity index is 1.45. The minimum Gasteiger partial charge on any atom is -0.443 e. The molecule has 0 unspecified atom stereocenters. The number of alkyl halides is 3. The van der Waals surface area contributed by atoms with E-state index < -0.39 is 47.0 Å². The van der Waals surface area contributed by atoms with Crippen molar-refractivity contribution in [1.82, 2.24) is 14.5 Å². The third-order valence-corrected chi connectivity index (χ3v) is 4.70. The zero-order valence-electron chi connectivity index (χ0n) is 16.0. The molecule has 0 saturated carbocycles. The zero-order chi connectivity index (χ0) is 23.0. The number of pyridine rings is 1. The molecule has 1 aliphatic heterocycles. The highest BCUT2D eigenvalue weighted by atomic mass is 19.4.